The Balaban J connectivity index is 1.48. The lowest BCUT2D eigenvalue weighted by Gasteiger charge is -2.60. The number of amides is 1. The second-order valence-electron chi connectivity index (χ2n) is 8.53. The van der Waals surface area contributed by atoms with Crippen LogP contribution in [0.25, 0.3) is 0 Å². The molecule has 4 aliphatic carbocycles. The monoisotopic (exact) mass is 367 g/mol. The molecule has 1 amide bonds. The minimum absolute atomic E-state index is 0.0711. The quantitative estimate of drug-likeness (QED) is 0.660. The van der Waals surface area contributed by atoms with Crippen molar-refractivity contribution < 1.29 is 9.72 Å². The largest absolute Gasteiger partial charge is 0.490 e. The number of hydrogen-bond acceptors (Lipinski definition) is 5. The summed E-state index contributed by atoms with van der Waals surface area (Å²) < 4.78 is 1.69. The fourth-order valence-corrected chi connectivity index (χ4v) is 6.10. The zero-order valence-corrected chi connectivity index (χ0v) is 14.9. The minimum Gasteiger partial charge on any atom is -0.390 e. The lowest BCUT2D eigenvalue weighted by atomic mass is 9.46. The highest BCUT2D eigenvalue weighted by atomic mass is 16.6. The molecule has 1 heterocycles. The molecule has 140 valence electrons. The molecule has 8 heteroatoms. The van der Waals surface area contributed by atoms with Crippen LogP contribution in [0, 0.1) is 27.4 Å². The zero-order valence-electron chi connectivity index (χ0n) is 14.9. The maximum absolute atomic E-state index is 13.3. The van der Waals surface area contributed by atoms with Gasteiger partial charge in [0.25, 0.3) is 0 Å². The third kappa shape index (κ3) is 2.54. The molecule has 1 aromatic carbocycles. The van der Waals surface area contributed by atoms with Gasteiger partial charge in [-0.25, -0.2) is 0 Å². The van der Waals surface area contributed by atoms with Crippen molar-refractivity contribution >= 4 is 17.5 Å². The van der Waals surface area contributed by atoms with Crippen molar-refractivity contribution in [1.29, 1.82) is 0 Å². The van der Waals surface area contributed by atoms with Crippen molar-refractivity contribution in [3.8, 4) is 0 Å². The number of carbonyl (C=O) groups excluding carboxylic acids is 1. The van der Waals surface area contributed by atoms with Crippen molar-refractivity contribution in [2.75, 3.05) is 5.32 Å². The third-order valence-corrected chi connectivity index (χ3v) is 6.67. The summed E-state index contributed by atoms with van der Waals surface area (Å²) in [5, 5.41) is 18.3. The Morgan fingerprint density at radius 2 is 1.89 bits per heavy atom. The summed E-state index contributed by atoms with van der Waals surface area (Å²) in [6.45, 7) is 0. The molecule has 0 unspecified atom stereocenters. The van der Waals surface area contributed by atoms with Crippen LogP contribution in [0.3, 0.4) is 0 Å². The molecule has 4 bridgehead atoms. The number of benzene rings is 1. The average molecular weight is 367 g/mol. The van der Waals surface area contributed by atoms with Gasteiger partial charge in [-0.3, -0.25) is 4.79 Å². The van der Waals surface area contributed by atoms with Gasteiger partial charge in [0, 0.05) is 10.8 Å². The summed E-state index contributed by atoms with van der Waals surface area (Å²) in [6.07, 6.45) is 6.91. The Bertz CT molecular complexity index is 895. The normalized spacial score (nSPS) is 33.8. The Kier molecular flexibility index (Phi) is 3.41. The van der Waals surface area contributed by atoms with Gasteiger partial charge < -0.3 is 15.4 Å². The maximum atomic E-state index is 13.3. The van der Waals surface area contributed by atoms with E-state index in [1.807, 2.05) is 30.3 Å². The van der Waals surface area contributed by atoms with Crippen molar-refractivity contribution in [3.63, 3.8) is 0 Å². The number of anilines is 1. The molecular formula is C19H21N5O3. The van der Waals surface area contributed by atoms with Gasteiger partial charge in [-0.15, -0.1) is 0 Å². The molecule has 1 N–H and O–H groups in total. The zero-order chi connectivity index (χ0) is 18.6. The van der Waals surface area contributed by atoms with Crippen molar-refractivity contribution in [1.82, 2.24) is 14.8 Å². The topological polar surface area (TPSA) is 103 Å². The Morgan fingerprint density at radius 1 is 1.19 bits per heavy atom. The predicted molar refractivity (Wildman–Crippen MR) is 96.8 cm³/mol. The lowest BCUT2D eigenvalue weighted by molar-refractivity contribution is -0.394. The van der Waals surface area contributed by atoms with Gasteiger partial charge in [-0.1, -0.05) is 23.2 Å². The number of nitrogens with zero attached hydrogens (tertiary/aromatic N) is 4. The molecule has 4 fully saturated rings. The highest BCUT2D eigenvalue weighted by Crippen LogP contribution is 2.64. The summed E-state index contributed by atoms with van der Waals surface area (Å²) in [5.74, 6) is 0.613. The van der Waals surface area contributed by atoms with Gasteiger partial charge in [-0.2, -0.15) is 4.68 Å². The fourth-order valence-electron chi connectivity index (χ4n) is 6.10. The molecule has 6 rings (SSSR count). The Labute approximate surface area is 156 Å². The first kappa shape index (κ1) is 16.4. The Morgan fingerprint density at radius 3 is 2.52 bits per heavy atom. The van der Waals surface area contributed by atoms with Crippen molar-refractivity contribution in [3.05, 3.63) is 46.8 Å². The van der Waals surface area contributed by atoms with Crippen LogP contribution in [-0.4, -0.2) is 25.6 Å². The standard InChI is InChI=1S/C19H21N5O3/c25-16(21-15-4-2-1-3-5-15)18-7-13-6-14(8-18)10-19(9-13,11-18)23-12-20-17(22-23)24(26)27/h1-5,12-14H,6-11H2,(H,21,25)/t13-,14-,18?,19?/m0/s1. The van der Waals surface area contributed by atoms with E-state index in [-0.39, 0.29) is 17.4 Å². The van der Waals surface area contributed by atoms with E-state index in [1.54, 1.807) is 4.68 Å². The number of hydrogen-bond donors (Lipinski definition) is 1. The summed E-state index contributed by atoms with van der Waals surface area (Å²) in [6, 6.07) is 9.54. The third-order valence-electron chi connectivity index (χ3n) is 6.67. The average Bonchev–Trinajstić information content (AvgIpc) is 3.13. The van der Waals surface area contributed by atoms with Crippen LogP contribution in [0.5, 0.6) is 0 Å². The van der Waals surface area contributed by atoms with Gasteiger partial charge in [0.1, 0.15) is 0 Å². The van der Waals surface area contributed by atoms with E-state index in [0.29, 0.717) is 18.3 Å². The second-order valence-corrected chi connectivity index (χ2v) is 8.53. The number of carbonyl (C=O) groups is 1. The number of rotatable bonds is 4. The van der Waals surface area contributed by atoms with Gasteiger partial charge in [0.15, 0.2) is 0 Å². The van der Waals surface area contributed by atoms with E-state index in [0.717, 1.165) is 37.8 Å². The van der Waals surface area contributed by atoms with Crippen molar-refractivity contribution in [2.24, 2.45) is 17.3 Å². The van der Waals surface area contributed by atoms with E-state index in [1.165, 1.54) is 6.33 Å². The van der Waals surface area contributed by atoms with Crippen LogP contribution in [0.2, 0.25) is 0 Å². The van der Waals surface area contributed by atoms with Crippen LogP contribution in [-0.2, 0) is 10.3 Å². The fraction of sp³-hybridized carbons (Fsp3) is 0.526. The molecule has 0 spiro atoms. The molecular weight excluding hydrogens is 346 g/mol. The van der Waals surface area contributed by atoms with Crippen LogP contribution < -0.4 is 5.32 Å². The molecule has 4 saturated carbocycles. The molecule has 8 nitrogen and oxygen atoms in total. The van der Waals surface area contributed by atoms with Crippen LogP contribution in [0.4, 0.5) is 11.6 Å². The Hall–Kier alpha value is -2.77. The van der Waals surface area contributed by atoms with Gasteiger partial charge in [-0.05, 0) is 67.4 Å². The molecule has 2 atom stereocenters. The van der Waals surface area contributed by atoms with Crippen molar-refractivity contribution in [2.45, 2.75) is 44.1 Å². The summed E-state index contributed by atoms with van der Waals surface area (Å²) >= 11 is 0. The van der Waals surface area contributed by atoms with E-state index in [4.69, 9.17) is 0 Å². The molecule has 0 aliphatic heterocycles. The number of nitrogens with one attached hydrogen (secondary N) is 1. The first-order valence-electron chi connectivity index (χ1n) is 9.41. The van der Waals surface area contributed by atoms with Gasteiger partial charge >= 0.3 is 5.95 Å². The van der Waals surface area contributed by atoms with E-state index in [9.17, 15) is 14.9 Å². The predicted octanol–water partition coefficient (Wildman–Crippen LogP) is 3.12. The number of nitro groups is 1. The van der Waals surface area contributed by atoms with E-state index in [2.05, 4.69) is 15.4 Å². The SMILES string of the molecule is O=C(Nc1ccccc1)C12C[C@@H]3C[C@@H](C1)CC(n1cnc([N+](=O)[O-])n1)(C3)C2. The summed E-state index contributed by atoms with van der Waals surface area (Å²) in [7, 11) is 0. The van der Waals surface area contributed by atoms with Crippen LogP contribution >= 0.6 is 0 Å². The molecule has 0 radical (unpaired) electrons. The summed E-state index contributed by atoms with van der Waals surface area (Å²) in [5.41, 5.74) is 0.0451. The molecule has 27 heavy (non-hydrogen) atoms. The first-order chi connectivity index (χ1) is 13.0. The maximum Gasteiger partial charge on any atom is 0.490 e. The highest BCUT2D eigenvalue weighted by molar-refractivity contribution is 5.95. The first-order valence-corrected chi connectivity index (χ1v) is 9.41. The van der Waals surface area contributed by atoms with Gasteiger partial charge in [0.2, 0.25) is 12.2 Å². The van der Waals surface area contributed by atoms with Gasteiger partial charge in [0.05, 0.1) is 11.0 Å². The smallest absolute Gasteiger partial charge is 0.390 e. The second kappa shape index (κ2) is 5.61. The lowest BCUT2D eigenvalue weighted by Crippen LogP contribution is -2.60. The molecule has 1 aromatic heterocycles. The molecule has 0 saturated heterocycles. The van der Waals surface area contributed by atoms with E-state index >= 15 is 0 Å². The highest BCUT2D eigenvalue weighted by Gasteiger charge is 2.62. The molecule has 2 aromatic rings. The van der Waals surface area contributed by atoms with E-state index < -0.39 is 10.3 Å². The number of para-hydroxylation sites is 1. The summed E-state index contributed by atoms with van der Waals surface area (Å²) in [4.78, 5) is 27.6. The molecule has 4 aliphatic rings. The minimum atomic E-state index is -0.561. The number of aromatic nitrogens is 3. The van der Waals surface area contributed by atoms with Crippen LogP contribution in [0.15, 0.2) is 36.7 Å². The van der Waals surface area contributed by atoms with Crippen LogP contribution in [0.1, 0.15) is 38.5 Å².